The predicted octanol–water partition coefficient (Wildman–Crippen LogP) is 4.94. The number of aromatic amines is 1. The van der Waals surface area contributed by atoms with Crippen LogP contribution >= 0.6 is 0 Å². The van der Waals surface area contributed by atoms with E-state index in [1.807, 2.05) is 74.9 Å². The Morgan fingerprint density at radius 1 is 0.971 bits per heavy atom. The summed E-state index contributed by atoms with van der Waals surface area (Å²) in [4.78, 5) is 30.2. The second-order valence-corrected chi connectivity index (χ2v) is 8.68. The van der Waals surface area contributed by atoms with Crippen LogP contribution < -0.4 is 5.32 Å². The van der Waals surface area contributed by atoms with Crippen LogP contribution in [0.1, 0.15) is 32.6 Å². The minimum Gasteiger partial charge on any atom is -0.361 e. The lowest BCUT2D eigenvalue weighted by molar-refractivity contribution is -0.109. The predicted molar refractivity (Wildman–Crippen MR) is 139 cm³/mol. The first kappa shape index (κ1) is 23.2. The summed E-state index contributed by atoms with van der Waals surface area (Å²) in [7, 11) is 4.09. The number of para-hydroxylation sites is 1. The van der Waals surface area contributed by atoms with Crippen LogP contribution in [0.25, 0.3) is 23.1 Å². The molecule has 0 aliphatic rings. The first-order chi connectivity index (χ1) is 16.5. The highest BCUT2D eigenvalue weighted by Crippen LogP contribution is 2.19. The Bertz CT molecular complexity index is 1300. The second-order valence-electron chi connectivity index (χ2n) is 8.68. The topological polar surface area (TPSA) is 65.2 Å². The summed E-state index contributed by atoms with van der Waals surface area (Å²) >= 11 is 0. The number of hydrogen-bond donors (Lipinski definition) is 2. The Morgan fingerprint density at radius 3 is 2.47 bits per heavy atom. The third kappa shape index (κ3) is 5.69. The Hall–Kier alpha value is -3.96. The molecule has 34 heavy (non-hydrogen) atoms. The molecule has 1 unspecified atom stereocenters. The van der Waals surface area contributed by atoms with Gasteiger partial charge in [-0.15, -0.1) is 0 Å². The molecule has 0 saturated heterocycles. The molecule has 0 bridgehead atoms. The summed E-state index contributed by atoms with van der Waals surface area (Å²) in [5.41, 5.74) is 5.65. The highest BCUT2D eigenvalue weighted by Gasteiger charge is 2.17. The number of hydrogen-bond acceptors (Lipinski definition) is 3. The zero-order valence-corrected chi connectivity index (χ0v) is 19.5. The molecule has 0 aliphatic heterocycles. The van der Waals surface area contributed by atoms with Crippen LogP contribution in [0.3, 0.4) is 0 Å². The molecule has 172 valence electrons. The van der Waals surface area contributed by atoms with E-state index < -0.39 is 6.04 Å². The van der Waals surface area contributed by atoms with Gasteiger partial charge in [0, 0.05) is 35.6 Å². The van der Waals surface area contributed by atoms with Gasteiger partial charge in [-0.3, -0.25) is 4.79 Å². The molecule has 1 amide bonds. The van der Waals surface area contributed by atoms with Gasteiger partial charge in [0.25, 0.3) is 5.91 Å². The fourth-order valence-corrected chi connectivity index (χ4v) is 4.05. The molecule has 0 spiro atoms. The van der Waals surface area contributed by atoms with E-state index in [0.29, 0.717) is 12.0 Å². The van der Waals surface area contributed by atoms with E-state index >= 15 is 0 Å². The van der Waals surface area contributed by atoms with Crippen molar-refractivity contribution in [2.24, 2.45) is 0 Å². The van der Waals surface area contributed by atoms with Crippen molar-refractivity contribution in [2.75, 3.05) is 14.1 Å². The Balaban J connectivity index is 1.47. The summed E-state index contributed by atoms with van der Waals surface area (Å²) in [6.07, 6.45) is 7.05. The van der Waals surface area contributed by atoms with Crippen molar-refractivity contribution in [1.29, 1.82) is 0 Å². The molecule has 0 saturated carbocycles. The van der Waals surface area contributed by atoms with Crippen molar-refractivity contribution in [3.05, 3.63) is 107 Å². The maximum absolute atomic E-state index is 13.1. The lowest BCUT2D eigenvalue weighted by atomic mass is 10.0. The minimum atomic E-state index is -0.618. The Labute approximate surface area is 200 Å². The summed E-state index contributed by atoms with van der Waals surface area (Å²) in [6, 6.07) is 23.1. The molecule has 2 N–H and O–H groups in total. The molecule has 5 heteroatoms. The average molecular weight is 452 g/mol. The van der Waals surface area contributed by atoms with E-state index in [-0.39, 0.29) is 5.91 Å². The van der Waals surface area contributed by atoms with Gasteiger partial charge in [0.05, 0.1) is 6.04 Å². The minimum absolute atomic E-state index is 0.265. The normalized spacial score (nSPS) is 12.3. The number of nitrogens with one attached hydrogen (secondary N) is 2. The number of nitrogens with zero attached hydrogens (tertiary/aromatic N) is 1. The molecular formula is C29H29N3O2. The van der Waals surface area contributed by atoms with Gasteiger partial charge >= 0.3 is 0 Å². The highest BCUT2D eigenvalue weighted by molar-refractivity contribution is 5.99. The summed E-state index contributed by atoms with van der Waals surface area (Å²) in [6.45, 7) is 0.892. The summed E-state index contributed by atoms with van der Waals surface area (Å²) < 4.78 is 0. The third-order valence-corrected chi connectivity index (χ3v) is 5.73. The maximum Gasteiger partial charge on any atom is 0.252 e. The van der Waals surface area contributed by atoms with Crippen molar-refractivity contribution in [3.8, 4) is 0 Å². The van der Waals surface area contributed by atoms with Crippen molar-refractivity contribution in [3.63, 3.8) is 0 Å². The molecular weight excluding hydrogens is 422 g/mol. The summed E-state index contributed by atoms with van der Waals surface area (Å²) in [5.74, 6) is -0.265. The molecule has 0 aliphatic carbocycles. The van der Waals surface area contributed by atoms with E-state index in [9.17, 15) is 9.59 Å². The van der Waals surface area contributed by atoms with Crippen LogP contribution in [-0.2, 0) is 17.8 Å². The molecule has 3 aromatic carbocycles. The SMILES string of the molecule is CN(C)Cc1ccc(C=Cc2ccccc2C(=O)NC(C=O)Cc2c[nH]c3ccccc23)cc1. The van der Waals surface area contributed by atoms with E-state index in [1.54, 1.807) is 6.07 Å². The van der Waals surface area contributed by atoms with Crippen LogP contribution in [0.4, 0.5) is 0 Å². The summed E-state index contributed by atoms with van der Waals surface area (Å²) in [5, 5.41) is 3.95. The smallest absolute Gasteiger partial charge is 0.252 e. The monoisotopic (exact) mass is 451 g/mol. The van der Waals surface area contributed by atoms with Gasteiger partial charge in [-0.25, -0.2) is 0 Å². The number of aldehydes is 1. The lowest BCUT2D eigenvalue weighted by Crippen LogP contribution is -2.37. The molecule has 1 heterocycles. The number of rotatable bonds is 9. The van der Waals surface area contributed by atoms with Gasteiger partial charge in [0.15, 0.2) is 0 Å². The van der Waals surface area contributed by atoms with Gasteiger partial charge in [0.2, 0.25) is 0 Å². The highest BCUT2D eigenvalue weighted by atomic mass is 16.2. The van der Waals surface area contributed by atoms with E-state index in [2.05, 4.69) is 39.5 Å². The lowest BCUT2D eigenvalue weighted by Gasteiger charge is -2.14. The average Bonchev–Trinajstić information content (AvgIpc) is 3.25. The van der Waals surface area contributed by atoms with Gasteiger partial charge in [-0.05, 0) is 48.5 Å². The number of carbonyl (C=O) groups excluding carboxylic acids is 2. The molecule has 0 radical (unpaired) electrons. The van der Waals surface area contributed by atoms with Crippen molar-refractivity contribution in [2.45, 2.75) is 19.0 Å². The van der Waals surface area contributed by atoms with Gasteiger partial charge in [-0.2, -0.15) is 0 Å². The van der Waals surface area contributed by atoms with Gasteiger partial charge in [-0.1, -0.05) is 72.8 Å². The van der Waals surface area contributed by atoms with Crippen LogP contribution in [0.15, 0.2) is 79.0 Å². The number of carbonyl (C=O) groups is 2. The number of aromatic nitrogens is 1. The quantitative estimate of drug-likeness (QED) is 0.280. The van der Waals surface area contributed by atoms with Gasteiger partial charge in [0.1, 0.15) is 6.29 Å². The fourth-order valence-electron chi connectivity index (χ4n) is 4.05. The Morgan fingerprint density at radius 2 is 1.71 bits per heavy atom. The zero-order valence-electron chi connectivity index (χ0n) is 19.5. The number of benzene rings is 3. The standard InChI is InChI=1S/C29H29N3O2/c1-32(2)19-22-13-11-21(12-14-22)15-16-23-7-3-4-9-27(23)29(34)31-25(20-33)17-24-18-30-28-10-6-5-8-26(24)28/h3-16,18,20,25,30H,17,19H2,1-2H3,(H,31,34). The number of H-pyrrole nitrogens is 1. The van der Waals surface area contributed by atoms with Crippen molar-refractivity contribution in [1.82, 2.24) is 15.2 Å². The molecule has 1 aromatic heterocycles. The largest absolute Gasteiger partial charge is 0.361 e. The molecule has 0 fully saturated rings. The number of fused-ring (bicyclic) bond motifs is 1. The molecule has 4 aromatic rings. The fraction of sp³-hybridized carbons (Fsp3) is 0.172. The zero-order chi connectivity index (χ0) is 23.9. The van der Waals surface area contributed by atoms with E-state index in [1.165, 1.54) is 5.56 Å². The second kappa shape index (κ2) is 10.8. The van der Waals surface area contributed by atoms with Crippen molar-refractivity contribution < 1.29 is 9.59 Å². The molecule has 5 nitrogen and oxygen atoms in total. The van der Waals surface area contributed by atoms with Crippen LogP contribution in [0, 0.1) is 0 Å². The van der Waals surface area contributed by atoms with Gasteiger partial charge < -0.3 is 20.0 Å². The van der Waals surface area contributed by atoms with Crippen LogP contribution in [0.2, 0.25) is 0 Å². The van der Waals surface area contributed by atoms with E-state index in [4.69, 9.17) is 0 Å². The van der Waals surface area contributed by atoms with E-state index in [0.717, 1.165) is 40.4 Å². The first-order valence-electron chi connectivity index (χ1n) is 11.4. The van der Waals surface area contributed by atoms with Crippen molar-refractivity contribution >= 4 is 35.2 Å². The number of amides is 1. The first-order valence-corrected chi connectivity index (χ1v) is 11.4. The molecule has 4 rings (SSSR count). The third-order valence-electron chi connectivity index (χ3n) is 5.73. The maximum atomic E-state index is 13.1. The van der Waals surface area contributed by atoms with Crippen LogP contribution in [0.5, 0.6) is 0 Å². The van der Waals surface area contributed by atoms with Crippen LogP contribution in [-0.4, -0.2) is 42.2 Å². The Kier molecular flexibility index (Phi) is 7.35. The molecule has 1 atom stereocenters.